The smallest absolute Gasteiger partial charge is 0.319 e. The largest absolute Gasteiger partial charge is 0.336 e. The third-order valence-corrected chi connectivity index (χ3v) is 3.80. The lowest BCUT2D eigenvalue weighted by Gasteiger charge is -2.32. The van der Waals surface area contributed by atoms with Crippen LogP contribution in [0.3, 0.4) is 0 Å². The SMILES string of the molecule is CC(=O)c1cccc(NC(=O)NC2CC(=O)N(C(C)(C)C)C2)c1. The number of urea groups is 1. The van der Waals surface area contributed by atoms with Gasteiger partial charge < -0.3 is 15.5 Å². The minimum absolute atomic E-state index is 0.0429. The third kappa shape index (κ3) is 4.31. The molecule has 1 aromatic rings. The molecule has 1 aromatic carbocycles. The molecule has 0 bridgehead atoms. The first-order valence-electron chi connectivity index (χ1n) is 7.66. The maximum atomic E-state index is 12.1. The molecule has 1 heterocycles. The minimum Gasteiger partial charge on any atom is -0.336 e. The second-order valence-corrected chi connectivity index (χ2v) is 6.81. The molecule has 1 aliphatic heterocycles. The monoisotopic (exact) mass is 317 g/mol. The lowest BCUT2D eigenvalue weighted by molar-refractivity contribution is -0.131. The van der Waals surface area contributed by atoms with E-state index in [4.69, 9.17) is 0 Å². The van der Waals surface area contributed by atoms with Crippen LogP contribution >= 0.6 is 0 Å². The molecular formula is C17H23N3O3. The fraction of sp³-hybridized carbons (Fsp3) is 0.471. The average Bonchev–Trinajstić information content (AvgIpc) is 2.79. The van der Waals surface area contributed by atoms with E-state index in [-0.39, 0.29) is 29.3 Å². The number of nitrogens with zero attached hydrogens (tertiary/aromatic N) is 1. The number of ketones is 1. The highest BCUT2D eigenvalue weighted by Crippen LogP contribution is 2.22. The van der Waals surface area contributed by atoms with E-state index < -0.39 is 0 Å². The lowest BCUT2D eigenvalue weighted by atomic mass is 10.1. The summed E-state index contributed by atoms with van der Waals surface area (Å²) in [6.07, 6.45) is 0.304. The maximum Gasteiger partial charge on any atom is 0.319 e. The second kappa shape index (κ2) is 6.40. The van der Waals surface area contributed by atoms with Crippen LogP contribution in [0.25, 0.3) is 0 Å². The molecule has 6 heteroatoms. The van der Waals surface area contributed by atoms with E-state index in [9.17, 15) is 14.4 Å². The summed E-state index contributed by atoms with van der Waals surface area (Å²) in [6.45, 7) is 7.90. The third-order valence-electron chi connectivity index (χ3n) is 3.80. The summed E-state index contributed by atoms with van der Waals surface area (Å²) in [4.78, 5) is 37.2. The molecule has 0 saturated carbocycles. The Kier molecular flexibility index (Phi) is 4.73. The van der Waals surface area contributed by atoms with E-state index in [1.54, 1.807) is 29.2 Å². The molecule has 0 spiro atoms. The topological polar surface area (TPSA) is 78.5 Å². The Hall–Kier alpha value is -2.37. The molecular weight excluding hydrogens is 294 g/mol. The van der Waals surface area contributed by atoms with Gasteiger partial charge in [-0.2, -0.15) is 0 Å². The molecule has 0 radical (unpaired) electrons. The maximum absolute atomic E-state index is 12.1. The fourth-order valence-electron chi connectivity index (χ4n) is 2.62. The number of amides is 3. The van der Waals surface area contributed by atoms with Crippen LogP contribution in [-0.4, -0.2) is 40.7 Å². The molecule has 1 aliphatic rings. The van der Waals surface area contributed by atoms with Gasteiger partial charge in [0.2, 0.25) is 5.91 Å². The number of carbonyl (C=O) groups excluding carboxylic acids is 3. The number of anilines is 1. The quantitative estimate of drug-likeness (QED) is 0.840. The van der Waals surface area contributed by atoms with Gasteiger partial charge in [0.15, 0.2) is 5.78 Å². The van der Waals surface area contributed by atoms with Crippen molar-refractivity contribution in [2.24, 2.45) is 0 Å². The van der Waals surface area contributed by atoms with Crippen molar-refractivity contribution in [3.05, 3.63) is 29.8 Å². The van der Waals surface area contributed by atoms with Crippen LogP contribution < -0.4 is 10.6 Å². The van der Waals surface area contributed by atoms with Gasteiger partial charge in [-0.3, -0.25) is 9.59 Å². The molecule has 23 heavy (non-hydrogen) atoms. The molecule has 1 fully saturated rings. The summed E-state index contributed by atoms with van der Waals surface area (Å²) in [7, 11) is 0. The van der Waals surface area contributed by atoms with Crippen molar-refractivity contribution in [3.63, 3.8) is 0 Å². The Balaban J connectivity index is 1.95. The number of Topliss-reactive ketones (excluding diaryl/α,β-unsaturated/α-hetero) is 1. The molecule has 0 aliphatic carbocycles. The molecule has 2 rings (SSSR count). The predicted molar refractivity (Wildman–Crippen MR) is 88.5 cm³/mol. The number of hydrogen-bond acceptors (Lipinski definition) is 3. The second-order valence-electron chi connectivity index (χ2n) is 6.81. The van der Waals surface area contributed by atoms with E-state index in [0.29, 0.717) is 24.2 Å². The van der Waals surface area contributed by atoms with Gasteiger partial charge in [-0.1, -0.05) is 12.1 Å². The Bertz CT molecular complexity index is 634. The molecule has 2 N–H and O–H groups in total. The highest BCUT2D eigenvalue weighted by molar-refractivity contribution is 5.97. The normalized spacial score (nSPS) is 18.0. The molecule has 0 aromatic heterocycles. The van der Waals surface area contributed by atoms with Crippen molar-refractivity contribution in [1.29, 1.82) is 0 Å². The highest BCUT2D eigenvalue weighted by atomic mass is 16.2. The Morgan fingerprint density at radius 3 is 2.52 bits per heavy atom. The van der Waals surface area contributed by atoms with E-state index in [1.807, 2.05) is 20.8 Å². The van der Waals surface area contributed by atoms with Gasteiger partial charge in [0.25, 0.3) is 0 Å². The van der Waals surface area contributed by atoms with Crippen molar-refractivity contribution >= 4 is 23.4 Å². The molecule has 1 saturated heterocycles. The Labute approximate surface area is 136 Å². The summed E-state index contributed by atoms with van der Waals surface area (Å²) in [5, 5.41) is 5.51. The first-order chi connectivity index (χ1) is 10.7. The molecule has 6 nitrogen and oxygen atoms in total. The van der Waals surface area contributed by atoms with Gasteiger partial charge in [0.05, 0.1) is 6.04 Å². The summed E-state index contributed by atoms with van der Waals surface area (Å²) in [5.41, 5.74) is 0.838. The van der Waals surface area contributed by atoms with Crippen LogP contribution in [0.2, 0.25) is 0 Å². The number of hydrogen-bond donors (Lipinski definition) is 2. The van der Waals surface area contributed by atoms with Gasteiger partial charge in [-0.15, -0.1) is 0 Å². The first-order valence-corrected chi connectivity index (χ1v) is 7.66. The van der Waals surface area contributed by atoms with E-state index in [0.717, 1.165) is 0 Å². The minimum atomic E-state index is -0.376. The van der Waals surface area contributed by atoms with Gasteiger partial charge in [0, 0.05) is 29.8 Å². The summed E-state index contributed by atoms with van der Waals surface area (Å²) >= 11 is 0. The van der Waals surface area contributed by atoms with Crippen LogP contribution in [0.15, 0.2) is 24.3 Å². The number of carbonyl (C=O) groups is 3. The van der Waals surface area contributed by atoms with Crippen molar-refractivity contribution < 1.29 is 14.4 Å². The van der Waals surface area contributed by atoms with Crippen LogP contribution in [0.1, 0.15) is 44.5 Å². The summed E-state index contributed by atoms with van der Waals surface area (Å²) in [5.74, 6) is -0.0161. The fourth-order valence-corrected chi connectivity index (χ4v) is 2.62. The average molecular weight is 317 g/mol. The number of benzene rings is 1. The Morgan fingerprint density at radius 2 is 1.96 bits per heavy atom. The number of nitrogens with one attached hydrogen (secondary N) is 2. The van der Waals surface area contributed by atoms with Crippen LogP contribution in [0, 0.1) is 0 Å². The van der Waals surface area contributed by atoms with Crippen LogP contribution in [0.4, 0.5) is 10.5 Å². The van der Waals surface area contributed by atoms with E-state index in [1.165, 1.54) is 6.92 Å². The van der Waals surface area contributed by atoms with Crippen LogP contribution in [-0.2, 0) is 4.79 Å². The number of rotatable bonds is 3. The van der Waals surface area contributed by atoms with Gasteiger partial charge in [-0.05, 0) is 39.8 Å². The van der Waals surface area contributed by atoms with Crippen molar-refractivity contribution in [3.8, 4) is 0 Å². The summed E-state index contributed by atoms with van der Waals surface area (Å²) in [6, 6.07) is 6.17. The summed E-state index contributed by atoms with van der Waals surface area (Å²) < 4.78 is 0. The van der Waals surface area contributed by atoms with Crippen molar-refractivity contribution in [1.82, 2.24) is 10.2 Å². The molecule has 124 valence electrons. The van der Waals surface area contributed by atoms with Crippen molar-refractivity contribution in [2.45, 2.75) is 45.7 Å². The van der Waals surface area contributed by atoms with Gasteiger partial charge in [-0.25, -0.2) is 4.79 Å². The zero-order valence-corrected chi connectivity index (χ0v) is 14.0. The number of likely N-dealkylation sites (tertiary alicyclic amines) is 1. The Morgan fingerprint density at radius 1 is 1.26 bits per heavy atom. The van der Waals surface area contributed by atoms with E-state index >= 15 is 0 Å². The van der Waals surface area contributed by atoms with Crippen molar-refractivity contribution in [2.75, 3.05) is 11.9 Å². The first kappa shape index (κ1) is 17.0. The molecule has 1 unspecified atom stereocenters. The zero-order valence-electron chi connectivity index (χ0n) is 14.0. The zero-order chi connectivity index (χ0) is 17.2. The van der Waals surface area contributed by atoms with Gasteiger partial charge >= 0.3 is 6.03 Å². The molecule has 3 amide bonds. The highest BCUT2D eigenvalue weighted by Gasteiger charge is 2.36. The van der Waals surface area contributed by atoms with Gasteiger partial charge in [0.1, 0.15) is 0 Å². The van der Waals surface area contributed by atoms with Crippen LogP contribution in [0.5, 0.6) is 0 Å². The predicted octanol–water partition coefficient (Wildman–Crippen LogP) is 2.41. The van der Waals surface area contributed by atoms with E-state index in [2.05, 4.69) is 10.6 Å². The lowest BCUT2D eigenvalue weighted by Crippen LogP contribution is -2.45. The molecule has 1 atom stereocenters. The standard InChI is InChI=1S/C17H23N3O3/c1-11(21)12-6-5-7-13(8-12)18-16(23)19-14-9-15(22)20(10-14)17(2,3)4/h5-8,14H,9-10H2,1-4H3,(H2,18,19,23).